The first-order valence-electron chi connectivity index (χ1n) is 13.7. The predicted molar refractivity (Wildman–Crippen MR) is 160 cm³/mol. The van der Waals surface area contributed by atoms with Crippen molar-refractivity contribution in [3.63, 3.8) is 0 Å². The normalized spacial score (nSPS) is 13.9. The summed E-state index contributed by atoms with van der Waals surface area (Å²) >= 11 is 0. The molecule has 212 valence electrons. The smallest absolute Gasteiger partial charge is 0.310 e. The van der Waals surface area contributed by atoms with Gasteiger partial charge in [0.2, 0.25) is 7.37 Å². The second kappa shape index (κ2) is 14.6. The van der Waals surface area contributed by atoms with Gasteiger partial charge in [-0.3, -0.25) is 14.2 Å². The second-order valence-corrected chi connectivity index (χ2v) is 13.0. The SMILES string of the molecule is CC(CC(=O)OCc1ccccc1)P(=O)(O)CC(Cc1ccc(-c2ccccc2)cc1)C(=O)OCc1ccccc1. The molecule has 6 nitrogen and oxygen atoms in total. The van der Waals surface area contributed by atoms with E-state index in [9.17, 15) is 19.0 Å². The molecule has 41 heavy (non-hydrogen) atoms. The predicted octanol–water partition coefficient (Wildman–Crippen LogP) is 7.05. The molecule has 3 atom stereocenters. The van der Waals surface area contributed by atoms with Crippen LogP contribution in [0.5, 0.6) is 0 Å². The Morgan fingerprint density at radius 2 is 1.17 bits per heavy atom. The van der Waals surface area contributed by atoms with Crippen LogP contribution in [0.15, 0.2) is 115 Å². The van der Waals surface area contributed by atoms with Gasteiger partial charge in [0, 0.05) is 11.8 Å². The molecule has 0 aliphatic carbocycles. The lowest BCUT2D eigenvalue weighted by Crippen LogP contribution is -2.26. The molecule has 3 unspecified atom stereocenters. The molecule has 0 bridgehead atoms. The Bertz CT molecular complexity index is 1440. The van der Waals surface area contributed by atoms with Crippen LogP contribution in [0.1, 0.15) is 30.0 Å². The minimum absolute atomic E-state index is 0.0697. The van der Waals surface area contributed by atoms with Crippen molar-refractivity contribution < 1.29 is 28.5 Å². The van der Waals surface area contributed by atoms with E-state index in [-0.39, 0.29) is 32.2 Å². The van der Waals surface area contributed by atoms with E-state index < -0.39 is 30.9 Å². The Morgan fingerprint density at radius 1 is 0.683 bits per heavy atom. The monoisotopic (exact) mass is 570 g/mol. The summed E-state index contributed by atoms with van der Waals surface area (Å²) in [6.45, 7) is 1.71. The first kappa shape index (κ1) is 30.0. The van der Waals surface area contributed by atoms with Gasteiger partial charge in [-0.05, 0) is 34.2 Å². The van der Waals surface area contributed by atoms with E-state index in [1.54, 1.807) is 6.92 Å². The van der Waals surface area contributed by atoms with Crippen molar-refractivity contribution in [2.24, 2.45) is 5.92 Å². The molecule has 7 heteroatoms. The number of rotatable bonds is 13. The molecule has 4 aromatic carbocycles. The summed E-state index contributed by atoms with van der Waals surface area (Å²) in [6, 6.07) is 36.3. The van der Waals surface area contributed by atoms with Crippen LogP contribution in [0.25, 0.3) is 11.1 Å². The van der Waals surface area contributed by atoms with Crippen LogP contribution in [0.2, 0.25) is 0 Å². The Kier molecular flexibility index (Phi) is 10.7. The molecule has 0 saturated carbocycles. The van der Waals surface area contributed by atoms with E-state index in [2.05, 4.69) is 0 Å². The fourth-order valence-electron chi connectivity index (χ4n) is 4.49. The summed E-state index contributed by atoms with van der Waals surface area (Å²) in [5.74, 6) is -1.97. The second-order valence-electron chi connectivity index (χ2n) is 10.2. The van der Waals surface area contributed by atoms with E-state index in [0.717, 1.165) is 27.8 Å². The zero-order valence-electron chi connectivity index (χ0n) is 23.1. The molecule has 4 rings (SSSR count). The minimum Gasteiger partial charge on any atom is -0.461 e. The highest BCUT2D eigenvalue weighted by Gasteiger charge is 2.36. The lowest BCUT2D eigenvalue weighted by Gasteiger charge is -2.23. The molecule has 0 aliphatic heterocycles. The van der Waals surface area contributed by atoms with Gasteiger partial charge in [-0.1, -0.05) is 122 Å². The van der Waals surface area contributed by atoms with Crippen molar-refractivity contribution in [2.45, 2.75) is 38.6 Å². The summed E-state index contributed by atoms with van der Waals surface area (Å²) < 4.78 is 24.4. The van der Waals surface area contributed by atoms with Crippen LogP contribution in [0, 0.1) is 5.92 Å². The van der Waals surface area contributed by atoms with Gasteiger partial charge in [0.1, 0.15) is 13.2 Å². The number of hydrogen-bond acceptors (Lipinski definition) is 5. The summed E-state index contributed by atoms with van der Waals surface area (Å²) in [5.41, 5.74) is 3.74. The lowest BCUT2D eigenvalue weighted by molar-refractivity contribution is -0.149. The number of hydrogen-bond donors (Lipinski definition) is 1. The Balaban J connectivity index is 1.43. The van der Waals surface area contributed by atoms with Gasteiger partial charge in [-0.2, -0.15) is 0 Å². The van der Waals surface area contributed by atoms with E-state index >= 15 is 0 Å². The summed E-state index contributed by atoms with van der Waals surface area (Å²) in [6.07, 6.45) is -0.287. The first-order valence-corrected chi connectivity index (χ1v) is 15.6. The molecule has 4 aromatic rings. The van der Waals surface area contributed by atoms with Crippen molar-refractivity contribution in [1.82, 2.24) is 0 Å². The van der Waals surface area contributed by atoms with Crippen molar-refractivity contribution in [1.29, 1.82) is 0 Å². The topological polar surface area (TPSA) is 89.9 Å². The van der Waals surface area contributed by atoms with Crippen molar-refractivity contribution in [3.05, 3.63) is 132 Å². The highest BCUT2D eigenvalue weighted by atomic mass is 31.2. The summed E-state index contributed by atoms with van der Waals surface area (Å²) in [4.78, 5) is 36.7. The van der Waals surface area contributed by atoms with E-state index in [0.29, 0.717) is 0 Å². The van der Waals surface area contributed by atoms with Gasteiger partial charge < -0.3 is 14.4 Å². The van der Waals surface area contributed by atoms with Gasteiger partial charge in [-0.15, -0.1) is 0 Å². The van der Waals surface area contributed by atoms with E-state index in [1.807, 2.05) is 115 Å². The average molecular weight is 571 g/mol. The third-order valence-corrected chi connectivity index (χ3v) is 9.50. The number of ether oxygens (including phenoxy) is 2. The maximum atomic E-state index is 13.5. The van der Waals surface area contributed by atoms with Crippen LogP contribution in [0.3, 0.4) is 0 Å². The molecule has 0 radical (unpaired) electrons. The fraction of sp³-hybridized carbons (Fsp3) is 0.235. The zero-order valence-corrected chi connectivity index (χ0v) is 24.0. The quantitative estimate of drug-likeness (QED) is 0.137. The minimum atomic E-state index is -3.93. The van der Waals surface area contributed by atoms with Crippen LogP contribution in [-0.2, 0) is 43.3 Å². The average Bonchev–Trinajstić information content (AvgIpc) is 3.00. The summed E-state index contributed by atoms with van der Waals surface area (Å²) in [7, 11) is -3.93. The Morgan fingerprint density at radius 3 is 1.73 bits per heavy atom. The molecule has 1 N–H and O–H groups in total. The highest BCUT2D eigenvalue weighted by molar-refractivity contribution is 7.58. The summed E-state index contributed by atoms with van der Waals surface area (Å²) in [5, 5.41) is 0. The van der Waals surface area contributed by atoms with E-state index in [1.165, 1.54) is 0 Å². The fourth-order valence-corrected chi connectivity index (χ4v) is 6.20. The van der Waals surface area contributed by atoms with Crippen molar-refractivity contribution in [3.8, 4) is 11.1 Å². The maximum absolute atomic E-state index is 13.5. The first-order chi connectivity index (χ1) is 19.8. The molecule has 0 spiro atoms. The largest absolute Gasteiger partial charge is 0.461 e. The van der Waals surface area contributed by atoms with Gasteiger partial charge in [-0.25, -0.2) is 0 Å². The third kappa shape index (κ3) is 9.28. The van der Waals surface area contributed by atoms with Crippen molar-refractivity contribution in [2.75, 3.05) is 6.16 Å². The molecule has 0 aliphatic rings. The zero-order chi connectivity index (χ0) is 29.1. The molecule has 0 fully saturated rings. The number of esters is 2. The number of carbonyl (C=O) groups is 2. The molecule has 0 saturated heterocycles. The number of carbonyl (C=O) groups excluding carboxylic acids is 2. The van der Waals surface area contributed by atoms with Gasteiger partial charge in [0.05, 0.1) is 12.3 Å². The maximum Gasteiger partial charge on any atom is 0.310 e. The molecule has 0 amide bonds. The highest BCUT2D eigenvalue weighted by Crippen LogP contribution is 2.50. The van der Waals surface area contributed by atoms with Crippen LogP contribution >= 0.6 is 7.37 Å². The Hall–Kier alpha value is -3.99. The van der Waals surface area contributed by atoms with Crippen LogP contribution in [-0.4, -0.2) is 28.7 Å². The van der Waals surface area contributed by atoms with Crippen molar-refractivity contribution >= 4 is 19.3 Å². The lowest BCUT2D eigenvalue weighted by atomic mass is 9.98. The molecule has 0 heterocycles. The van der Waals surface area contributed by atoms with Crippen LogP contribution in [0.4, 0.5) is 0 Å². The van der Waals surface area contributed by atoms with Gasteiger partial charge in [0.25, 0.3) is 0 Å². The van der Waals surface area contributed by atoms with Gasteiger partial charge in [0.15, 0.2) is 0 Å². The number of benzene rings is 4. The molecular formula is C34H35O6P. The van der Waals surface area contributed by atoms with Gasteiger partial charge >= 0.3 is 11.9 Å². The third-order valence-electron chi connectivity index (χ3n) is 6.98. The molecule has 0 aromatic heterocycles. The molecular weight excluding hydrogens is 535 g/mol. The Labute approximate surface area is 241 Å². The van der Waals surface area contributed by atoms with E-state index in [4.69, 9.17) is 9.47 Å². The standard InChI is InChI=1S/C34H35O6P/c1-26(21-33(35)39-23-28-11-5-2-6-12-28)41(37,38)25-32(34(36)40-24-29-13-7-3-8-14-29)22-27-17-19-31(20-18-27)30-15-9-4-10-16-30/h2-20,26,32H,21-25H2,1H3,(H,37,38). The van der Waals surface area contributed by atoms with Crippen LogP contribution < -0.4 is 0 Å².